The van der Waals surface area contributed by atoms with Crippen LogP contribution in [-0.4, -0.2) is 36.7 Å². The molecule has 250 valence electrons. The molecule has 0 atom stereocenters. The molecule has 0 aromatic carbocycles. The third kappa shape index (κ3) is 6.72. The minimum atomic E-state index is -1.48. The summed E-state index contributed by atoms with van der Waals surface area (Å²) in [7, 11) is 0. The summed E-state index contributed by atoms with van der Waals surface area (Å²) in [5.41, 5.74) is -2.41. The van der Waals surface area contributed by atoms with Crippen molar-refractivity contribution in [3.63, 3.8) is 0 Å². The molecule has 10 heteroatoms. The van der Waals surface area contributed by atoms with Gasteiger partial charge < -0.3 is 10.2 Å². The van der Waals surface area contributed by atoms with E-state index < -0.39 is 32.9 Å². The second-order valence-corrected chi connectivity index (χ2v) is 19.7. The maximum absolute atomic E-state index is 13.5. The van der Waals surface area contributed by atoms with Gasteiger partial charge in [-0.25, -0.2) is 15.0 Å². The monoisotopic (exact) mass is 691 g/mol. The first-order chi connectivity index (χ1) is 21.3. The van der Waals surface area contributed by atoms with Crippen LogP contribution in [0.4, 0.5) is 0 Å². The maximum atomic E-state index is 13.5. The zero-order chi connectivity index (χ0) is 35.1. The number of carbonyl (C=O) groups is 2. The van der Waals surface area contributed by atoms with E-state index in [2.05, 4.69) is 15.0 Å². The second kappa shape index (κ2) is 11.3. The van der Waals surface area contributed by atoms with Gasteiger partial charge in [0.15, 0.2) is 21.6 Å². The Hall–Kier alpha value is -2.89. The van der Waals surface area contributed by atoms with Crippen molar-refractivity contribution in [3.05, 3.63) is 74.9 Å². The van der Waals surface area contributed by atoms with Crippen molar-refractivity contribution >= 4 is 45.6 Å². The fourth-order valence-electron chi connectivity index (χ4n) is 5.63. The van der Waals surface area contributed by atoms with Crippen molar-refractivity contribution in [2.75, 3.05) is 0 Å². The van der Waals surface area contributed by atoms with Crippen molar-refractivity contribution in [2.24, 2.45) is 21.7 Å². The lowest BCUT2D eigenvalue weighted by atomic mass is 9.69. The molecule has 0 unspecified atom stereocenters. The molecule has 7 nitrogen and oxygen atoms in total. The van der Waals surface area contributed by atoms with E-state index in [0.717, 1.165) is 4.88 Å². The lowest BCUT2D eigenvalue weighted by Crippen LogP contribution is -2.35. The smallest absolute Gasteiger partial charge is 0.185 e. The van der Waals surface area contributed by atoms with Crippen LogP contribution in [0.1, 0.15) is 92.8 Å². The highest BCUT2D eigenvalue weighted by molar-refractivity contribution is 7.25. The molecule has 2 aliphatic rings. The number of aromatic nitrogens is 3. The molecule has 2 N–H and O–H groups in total. The summed E-state index contributed by atoms with van der Waals surface area (Å²) in [6.07, 6.45) is 11.8. The molecule has 0 saturated carbocycles. The van der Waals surface area contributed by atoms with Crippen molar-refractivity contribution in [2.45, 2.75) is 94.3 Å². The summed E-state index contributed by atoms with van der Waals surface area (Å²) < 4.78 is 0. The number of hydrogen-bond donors (Lipinski definition) is 2. The highest BCUT2D eigenvalue weighted by Gasteiger charge is 2.43. The molecular weight excluding hydrogens is 647 g/mol. The second-order valence-electron chi connectivity index (χ2n) is 16.6. The van der Waals surface area contributed by atoms with Gasteiger partial charge in [0.2, 0.25) is 0 Å². The van der Waals surface area contributed by atoms with Crippen molar-refractivity contribution in [3.8, 4) is 19.9 Å². The minimum Gasteiger partial charge on any atom is -0.376 e. The predicted octanol–water partition coefficient (Wildman–Crippen LogP) is 8.82. The molecule has 0 bridgehead atoms. The van der Waals surface area contributed by atoms with Crippen molar-refractivity contribution in [1.29, 1.82) is 0 Å². The fraction of sp³-hybridized carbons (Fsp3) is 0.486. The van der Waals surface area contributed by atoms with Crippen LogP contribution in [0, 0.1) is 21.7 Å². The summed E-state index contributed by atoms with van der Waals surface area (Å²) >= 11 is 4.13. The van der Waals surface area contributed by atoms with E-state index in [0.29, 0.717) is 47.1 Å². The molecule has 5 rings (SSSR count). The molecule has 47 heavy (non-hydrogen) atoms. The number of carbonyl (C=O) groups excluding carboxylic acids is 2. The first kappa shape index (κ1) is 35.4. The molecule has 0 amide bonds. The SMILES string of the molecule is CC(C)(C)C1=CC(O)(c2cnc(-c3cnc(-c4ncc(C5(O)C=C(C(C)(C)C)C(=O)C(C(C)(C)C)=C5)s4)s3)s2)C=C(C(C)(C)C)C1=O. The number of rotatable bonds is 4. The number of aliphatic hydroxyl groups is 2. The Kier molecular flexibility index (Phi) is 8.54. The third-order valence-corrected chi connectivity index (χ3v) is 12.0. The van der Waals surface area contributed by atoms with Gasteiger partial charge in [0, 0.05) is 40.9 Å². The number of hydrogen-bond acceptors (Lipinski definition) is 10. The van der Waals surface area contributed by atoms with E-state index in [1.807, 2.05) is 83.1 Å². The van der Waals surface area contributed by atoms with E-state index in [9.17, 15) is 19.8 Å². The van der Waals surface area contributed by atoms with Crippen LogP contribution in [-0.2, 0) is 20.8 Å². The summed E-state index contributed by atoms with van der Waals surface area (Å²) in [6, 6.07) is 0. The topological polar surface area (TPSA) is 113 Å². The minimum absolute atomic E-state index is 0.0333. The van der Waals surface area contributed by atoms with Gasteiger partial charge in [0.1, 0.15) is 16.2 Å². The summed E-state index contributed by atoms with van der Waals surface area (Å²) in [5.74, 6) is -0.0689. The fourth-order valence-corrected chi connectivity index (χ4v) is 8.53. The van der Waals surface area contributed by atoms with Gasteiger partial charge in [-0.05, 0) is 46.0 Å². The van der Waals surface area contributed by atoms with Gasteiger partial charge in [0.25, 0.3) is 0 Å². The lowest BCUT2D eigenvalue weighted by molar-refractivity contribution is -0.115. The standard InChI is InChI=1S/C37H45N3O4S3/c1-32(2,3)20-13-36(43,14-21(27(20)41)33(4,5)6)25-18-39-29(46-25)24-17-38-30(45-24)31-40-19-26(47-31)37(44)15-22(34(7,8)9)28(42)23(16-37)35(10,11)12/h13-19,43-44H,1-12H3. The molecule has 0 saturated heterocycles. The van der Waals surface area contributed by atoms with E-state index in [1.165, 1.54) is 34.0 Å². The molecule has 0 spiro atoms. The molecule has 0 fully saturated rings. The number of Topliss-reactive ketones (excluding diaryl/α,β-unsaturated/α-hetero) is 2. The number of allylic oxidation sites excluding steroid dienone is 4. The van der Waals surface area contributed by atoms with E-state index >= 15 is 0 Å². The van der Waals surface area contributed by atoms with Gasteiger partial charge in [-0.2, -0.15) is 0 Å². The number of thiazole rings is 3. The molecule has 2 aliphatic carbocycles. The largest absolute Gasteiger partial charge is 0.376 e. The average molecular weight is 692 g/mol. The van der Waals surface area contributed by atoms with E-state index in [-0.39, 0.29) is 11.6 Å². The first-order valence-electron chi connectivity index (χ1n) is 15.7. The first-order valence-corrected chi connectivity index (χ1v) is 18.2. The summed E-state index contributed by atoms with van der Waals surface area (Å²) in [4.78, 5) is 42.8. The van der Waals surface area contributed by atoms with Crippen LogP contribution >= 0.6 is 34.0 Å². The Morgan fingerprint density at radius 1 is 0.489 bits per heavy atom. The van der Waals surface area contributed by atoms with Crippen LogP contribution in [0.5, 0.6) is 0 Å². The Balaban J connectivity index is 1.49. The Morgan fingerprint density at radius 3 is 1.15 bits per heavy atom. The van der Waals surface area contributed by atoms with Crippen molar-refractivity contribution in [1.82, 2.24) is 15.0 Å². The van der Waals surface area contributed by atoms with Crippen LogP contribution in [0.25, 0.3) is 19.9 Å². The van der Waals surface area contributed by atoms with Gasteiger partial charge in [-0.1, -0.05) is 83.1 Å². The maximum Gasteiger partial charge on any atom is 0.185 e. The molecule has 3 aromatic heterocycles. The van der Waals surface area contributed by atoms with Crippen LogP contribution in [0.2, 0.25) is 0 Å². The molecular formula is C37H45N3O4S3. The number of ketones is 2. The van der Waals surface area contributed by atoms with Gasteiger partial charge in [-0.3, -0.25) is 9.59 Å². The number of nitrogens with zero attached hydrogens (tertiary/aromatic N) is 3. The van der Waals surface area contributed by atoms with Crippen LogP contribution in [0.3, 0.4) is 0 Å². The van der Waals surface area contributed by atoms with Gasteiger partial charge in [0.05, 0.1) is 14.6 Å². The van der Waals surface area contributed by atoms with Crippen molar-refractivity contribution < 1.29 is 19.8 Å². The summed E-state index contributed by atoms with van der Waals surface area (Å²) in [5, 5.41) is 25.9. The van der Waals surface area contributed by atoms with E-state index in [1.54, 1.807) is 42.9 Å². The zero-order valence-corrected chi connectivity index (χ0v) is 31.8. The molecule has 3 aromatic rings. The summed E-state index contributed by atoms with van der Waals surface area (Å²) in [6.45, 7) is 23.8. The Labute approximate surface area is 289 Å². The quantitative estimate of drug-likeness (QED) is 0.281. The van der Waals surface area contributed by atoms with E-state index in [4.69, 9.17) is 0 Å². The van der Waals surface area contributed by atoms with Crippen LogP contribution in [0.15, 0.2) is 65.2 Å². The third-order valence-electron chi connectivity index (χ3n) is 8.37. The lowest BCUT2D eigenvalue weighted by Gasteiger charge is -2.36. The molecule has 0 aliphatic heterocycles. The normalized spacial score (nSPS) is 18.9. The highest BCUT2D eigenvalue weighted by atomic mass is 32.1. The Bertz CT molecular complexity index is 1680. The molecule has 0 radical (unpaired) electrons. The zero-order valence-electron chi connectivity index (χ0n) is 29.3. The van der Waals surface area contributed by atoms with Gasteiger partial charge >= 0.3 is 0 Å². The average Bonchev–Trinajstić information content (AvgIpc) is 3.69. The molecule has 3 heterocycles. The predicted molar refractivity (Wildman–Crippen MR) is 192 cm³/mol. The van der Waals surface area contributed by atoms with Crippen LogP contribution < -0.4 is 0 Å². The highest BCUT2D eigenvalue weighted by Crippen LogP contribution is 2.48. The van der Waals surface area contributed by atoms with Gasteiger partial charge in [-0.15, -0.1) is 34.0 Å². The Morgan fingerprint density at radius 2 is 0.787 bits per heavy atom.